The van der Waals surface area contributed by atoms with Gasteiger partial charge in [0.2, 0.25) is 0 Å². The Hall–Kier alpha value is -0.810. The highest BCUT2D eigenvalue weighted by molar-refractivity contribution is 9.09. The molecule has 0 N–H and O–H groups in total. The molecule has 0 spiro atoms. The molecule has 6 heteroatoms. The maximum absolute atomic E-state index is 10.5. The second-order valence-corrected chi connectivity index (χ2v) is 4.67. The van der Waals surface area contributed by atoms with Crippen LogP contribution < -0.4 is 4.74 Å². The first-order chi connectivity index (χ1) is 8.15. The Morgan fingerprint density at radius 1 is 1.35 bits per heavy atom. The summed E-state index contributed by atoms with van der Waals surface area (Å²) in [5.74, 6) is 0.569. The molecule has 0 aliphatic carbocycles. The van der Waals surface area contributed by atoms with Crippen LogP contribution in [-0.4, -0.2) is 16.9 Å². The molecular weight excluding hydrogens is 309 g/mol. The van der Waals surface area contributed by atoms with Crippen LogP contribution in [0.25, 0.3) is 0 Å². The highest BCUT2D eigenvalue weighted by atomic mass is 79.9. The number of alkyl halides is 1. The SMILES string of the molecule is O=[N+]([O-])c1ccc(OCCCCCBr)cc1Cl. The fraction of sp³-hybridized carbons (Fsp3) is 0.455. The van der Waals surface area contributed by atoms with Gasteiger partial charge >= 0.3 is 0 Å². The Morgan fingerprint density at radius 2 is 2.12 bits per heavy atom. The van der Waals surface area contributed by atoms with Crippen molar-refractivity contribution in [1.82, 2.24) is 0 Å². The predicted molar refractivity (Wildman–Crippen MR) is 71.2 cm³/mol. The summed E-state index contributed by atoms with van der Waals surface area (Å²) in [6.07, 6.45) is 3.16. The first-order valence-electron chi connectivity index (χ1n) is 5.28. The number of halogens is 2. The van der Waals surface area contributed by atoms with E-state index in [1.54, 1.807) is 6.07 Å². The van der Waals surface area contributed by atoms with Crippen molar-refractivity contribution in [1.29, 1.82) is 0 Å². The van der Waals surface area contributed by atoms with E-state index in [4.69, 9.17) is 16.3 Å². The number of hydrogen-bond acceptors (Lipinski definition) is 3. The monoisotopic (exact) mass is 321 g/mol. The summed E-state index contributed by atoms with van der Waals surface area (Å²) < 4.78 is 5.45. The van der Waals surface area contributed by atoms with Crippen LogP contribution in [0.3, 0.4) is 0 Å². The molecule has 0 amide bonds. The van der Waals surface area contributed by atoms with Gasteiger partial charge in [-0.05, 0) is 25.3 Å². The fourth-order valence-corrected chi connectivity index (χ4v) is 1.92. The van der Waals surface area contributed by atoms with Crippen molar-refractivity contribution in [2.24, 2.45) is 0 Å². The molecule has 0 saturated carbocycles. The van der Waals surface area contributed by atoms with Gasteiger partial charge in [-0.3, -0.25) is 10.1 Å². The second kappa shape index (κ2) is 7.50. The van der Waals surface area contributed by atoms with Gasteiger partial charge in [-0.2, -0.15) is 0 Å². The molecule has 0 aromatic heterocycles. The number of hydrogen-bond donors (Lipinski definition) is 0. The number of ether oxygens (including phenoxy) is 1. The zero-order valence-electron chi connectivity index (χ0n) is 9.20. The van der Waals surface area contributed by atoms with Crippen LogP contribution in [-0.2, 0) is 0 Å². The van der Waals surface area contributed by atoms with Crippen LogP contribution in [0.2, 0.25) is 5.02 Å². The van der Waals surface area contributed by atoms with E-state index in [9.17, 15) is 10.1 Å². The number of unbranched alkanes of at least 4 members (excludes halogenated alkanes) is 2. The van der Waals surface area contributed by atoms with E-state index in [0.29, 0.717) is 12.4 Å². The highest BCUT2D eigenvalue weighted by Gasteiger charge is 2.12. The molecule has 94 valence electrons. The third-order valence-corrected chi connectivity index (χ3v) is 3.03. The molecule has 0 unspecified atom stereocenters. The molecule has 17 heavy (non-hydrogen) atoms. The molecular formula is C11H13BrClNO3. The van der Waals surface area contributed by atoms with E-state index in [-0.39, 0.29) is 10.7 Å². The summed E-state index contributed by atoms with van der Waals surface area (Å²) in [6.45, 7) is 0.598. The molecule has 1 aromatic rings. The fourth-order valence-electron chi connectivity index (χ4n) is 1.29. The third kappa shape index (κ3) is 4.91. The largest absolute Gasteiger partial charge is 0.494 e. The molecule has 4 nitrogen and oxygen atoms in total. The summed E-state index contributed by atoms with van der Waals surface area (Å²) in [5, 5.41) is 11.6. The summed E-state index contributed by atoms with van der Waals surface area (Å²) in [6, 6.07) is 4.40. The number of nitro groups is 1. The normalized spacial score (nSPS) is 10.2. The van der Waals surface area contributed by atoms with Gasteiger partial charge < -0.3 is 4.74 Å². The number of nitro benzene ring substituents is 1. The van der Waals surface area contributed by atoms with Crippen LogP contribution in [0.5, 0.6) is 5.75 Å². The molecule has 0 aliphatic heterocycles. The topological polar surface area (TPSA) is 52.4 Å². The second-order valence-electron chi connectivity index (χ2n) is 3.47. The molecule has 1 aromatic carbocycles. The van der Waals surface area contributed by atoms with Gasteiger partial charge in [0, 0.05) is 17.5 Å². The van der Waals surface area contributed by atoms with Gasteiger partial charge in [-0.1, -0.05) is 27.5 Å². The summed E-state index contributed by atoms with van der Waals surface area (Å²) >= 11 is 9.11. The van der Waals surface area contributed by atoms with E-state index >= 15 is 0 Å². The van der Waals surface area contributed by atoms with E-state index < -0.39 is 4.92 Å². The minimum absolute atomic E-state index is 0.0988. The van der Waals surface area contributed by atoms with Crippen molar-refractivity contribution in [3.05, 3.63) is 33.3 Å². The van der Waals surface area contributed by atoms with Gasteiger partial charge in [0.05, 0.1) is 11.5 Å². The predicted octanol–water partition coefficient (Wildman–Crippen LogP) is 4.19. The standard InChI is InChI=1S/C11H13BrClNO3/c12-6-2-1-3-7-17-9-4-5-11(14(15)16)10(13)8-9/h4-5,8H,1-3,6-7H2. The summed E-state index contributed by atoms with van der Waals surface area (Å²) in [4.78, 5) is 10.0. The molecule has 0 radical (unpaired) electrons. The Balaban J connectivity index is 2.45. The number of benzene rings is 1. The van der Waals surface area contributed by atoms with Gasteiger partial charge in [0.25, 0.3) is 5.69 Å². The summed E-state index contributed by atoms with van der Waals surface area (Å²) in [5.41, 5.74) is -0.0988. The summed E-state index contributed by atoms with van der Waals surface area (Å²) in [7, 11) is 0. The lowest BCUT2D eigenvalue weighted by molar-refractivity contribution is -0.384. The third-order valence-electron chi connectivity index (χ3n) is 2.16. The van der Waals surface area contributed by atoms with Crippen LogP contribution in [0.4, 0.5) is 5.69 Å². The van der Waals surface area contributed by atoms with Crippen LogP contribution in [0.15, 0.2) is 18.2 Å². The Kier molecular flexibility index (Phi) is 6.29. The van der Waals surface area contributed by atoms with Crippen molar-refractivity contribution in [2.75, 3.05) is 11.9 Å². The van der Waals surface area contributed by atoms with Gasteiger partial charge in [-0.25, -0.2) is 0 Å². The molecule has 0 aliphatic rings. The van der Waals surface area contributed by atoms with E-state index in [0.717, 1.165) is 24.6 Å². The first-order valence-corrected chi connectivity index (χ1v) is 6.78. The Labute approximate surface area is 113 Å². The number of nitrogens with zero attached hydrogens (tertiary/aromatic N) is 1. The lowest BCUT2D eigenvalue weighted by Gasteiger charge is -2.06. The van der Waals surface area contributed by atoms with Crippen molar-refractivity contribution >= 4 is 33.2 Å². The van der Waals surface area contributed by atoms with E-state index in [1.807, 2.05) is 0 Å². The van der Waals surface area contributed by atoms with Crippen LogP contribution in [0.1, 0.15) is 19.3 Å². The smallest absolute Gasteiger partial charge is 0.288 e. The molecule has 0 fully saturated rings. The van der Waals surface area contributed by atoms with Crippen molar-refractivity contribution in [2.45, 2.75) is 19.3 Å². The number of rotatable bonds is 7. The van der Waals surface area contributed by atoms with Crippen LogP contribution in [0, 0.1) is 10.1 Å². The molecule has 0 heterocycles. The lowest BCUT2D eigenvalue weighted by Crippen LogP contribution is -1.98. The minimum atomic E-state index is -0.512. The quantitative estimate of drug-likeness (QED) is 0.327. The Bertz CT molecular complexity index is 387. The van der Waals surface area contributed by atoms with Gasteiger partial charge in [0.15, 0.2) is 0 Å². The van der Waals surface area contributed by atoms with E-state index in [2.05, 4.69) is 15.9 Å². The van der Waals surface area contributed by atoms with Gasteiger partial charge in [-0.15, -0.1) is 0 Å². The van der Waals surface area contributed by atoms with Crippen molar-refractivity contribution < 1.29 is 9.66 Å². The minimum Gasteiger partial charge on any atom is -0.494 e. The van der Waals surface area contributed by atoms with Crippen molar-refractivity contribution in [3.8, 4) is 5.75 Å². The molecule has 0 saturated heterocycles. The van der Waals surface area contributed by atoms with E-state index in [1.165, 1.54) is 12.1 Å². The van der Waals surface area contributed by atoms with Crippen LogP contribution >= 0.6 is 27.5 Å². The zero-order chi connectivity index (χ0) is 12.7. The average molecular weight is 323 g/mol. The van der Waals surface area contributed by atoms with Crippen molar-refractivity contribution in [3.63, 3.8) is 0 Å². The van der Waals surface area contributed by atoms with Gasteiger partial charge in [0.1, 0.15) is 10.8 Å². The lowest BCUT2D eigenvalue weighted by atomic mass is 10.2. The molecule has 0 bridgehead atoms. The maximum Gasteiger partial charge on any atom is 0.288 e. The molecule has 1 rings (SSSR count). The Morgan fingerprint density at radius 3 is 2.71 bits per heavy atom. The maximum atomic E-state index is 10.5. The molecule has 0 atom stereocenters. The first kappa shape index (κ1) is 14.3. The highest BCUT2D eigenvalue weighted by Crippen LogP contribution is 2.28. The zero-order valence-corrected chi connectivity index (χ0v) is 11.5. The average Bonchev–Trinajstić information content (AvgIpc) is 2.28.